The van der Waals surface area contributed by atoms with Crippen LogP contribution in [0.5, 0.6) is 0 Å². The highest BCUT2D eigenvalue weighted by atomic mass is 28.3. The SMILES string of the molecule is CC(C)(O)[C@H]1CCCC[C@@H]1[Si](C)(C)c1ccc(C(F)(F)F)cc1. The van der Waals surface area contributed by atoms with Gasteiger partial charge in [-0.1, -0.05) is 61.8 Å². The van der Waals surface area contributed by atoms with Gasteiger partial charge in [0.15, 0.2) is 0 Å². The first-order valence-corrected chi connectivity index (χ1v) is 11.4. The fraction of sp³-hybridized carbons (Fsp3) is 0.667. The van der Waals surface area contributed by atoms with E-state index in [9.17, 15) is 18.3 Å². The molecule has 0 unspecified atom stereocenters. The fourth-order valence-electron chi connectivity index (χ4n) is 4.14. The van der Waals surface area contributed by atoms with Crippen LogP contribution in [-0.4, -0.2) is 18.8 Å². The highest BCUT2D eigenvalue weighted by Crippen LogP contribution is 2.46. The van der Waals surface area contributed by atoms with Crippen LogP contribution in [0.2, 0.25) is 18.6 Å². The first-order valence-electron chi connectivity index (χ1n) is 8.34. The highest BCUT2D eigenvalue weighted by Gasteiger charge is 2.45. The van der Waals surface area contributed by atoms with Crippen molar-refractivity contribution in [2.45, 2.75) is 69.9 Å². The average molecular weight is 344 g/mol. The van der Waals surface area contributed by atoms with E-state index >= 15 is 0 Å². The number of aliphatic hydroxyl groups is 1. The summed E-state index contributed by atoms with van der Waals surface area (Å²) in [6.45, 7) is 8.19. The lowest BCUT2D eigenvalue weighted by Crippen LogP contribution is -2.53. The molecule has 0 saturated heterocycles. The van der Waals surface area contributed by atoms with Gasteiger partial charge in [-0.05, 0) is 31.7 Å². The molecule has 0 heterocycles. The van der Waals surface area contributed by atoms with Crippen molar-refractivity contribution in [3.8, 4) is 0 Å². The first-order chi connectivity index (χ1) is 10.4. The van der Waals surface area contributed by atoms with E-state index in [2.05, 4.69) is 13.1 Å². The van der Waals surface area contributed by atoms with E-state index in [4.69, 9.17) is 0 Å². The van der Waals surface area contributed by atoms with Gasteiger partial charge in [0.2, 0.25) is 0 Å². The molecule has 0 aromatic heterocycles. The lowest BCUT2D eigenvalue weighted by Gasteiger charge is -2.46. The van der Waals surface area contributed by atoms with Gasteiger partial charge in [-0.3, -0.25) is 0 Å². The van der Waals surface area contributed by atoms with E-state index in [0.717, 1.165) is 30.9 Å². The molecule has 1 aromatic carbocycles. The third-order valence-electron chi connectivity index (χ3n) is 5.56. The predicted molar refractivity (Wildman–Crippen MR) is 90.6 cm³/mol. The highest BCUT2D eigenvalue weighted by molar-refractivity contribution is 6.91. The Hall–Kier alpha value is -0.813. The molecule has 1 fully saturated rings. The van der Waals surface area contributed by atoms with Crippen molar-refractivity contribution in [3.05, 3.63) is 29.8 Å². The van der Waals surface area contributed by atoms with Crippen LogP contribution in [0.1, 0.15) is 45.1 Å². The van der Waals surface area contributed by atoms with Gasteiger partial charge in [-0.15, -0.1) is 0 Å². The second kappa shape index (κ2) is 6.24. The Morgan fingerprint density at radius 2 is 1.52 bits per heavy atom. The first kappa shape index (κ1) is 18.5. The Kier molecular flexibility index (Phi) is 5.03. The van der Waals surface area contributed by atoms with Gasteiger partial charge in [0.05, 0.1) is 19.2 Å². The summed E-state index contributed by atoms with van der Waals surface area (Å²) >= 11 is 0. The second-order valence-electron chi connectivity index (χ2n) is 7.95. The van der Waals surface area contributed by atoms with Crippen molar-refractivity contribution in [2.75, 3.05) is 0 Å². The summed E-state index contributed by atoms with van der Waals surface area (Å²) in [6.07, 6.45) is 0.0573. The largest absolute Gasteiger partial charge is 0.416 e. The maximum atomic E-state index is 12.8. The molecule has 0 amide bonds. The van der Waals surface area contributed by atoms with Gasteiger partial charge in [0, 0.05) is 0 Å². The normalized spacial score (nSPS) is 23.8. The Bertz CT molecular complexity index is 529. The van der Waals surface area contributed by atoms with Gasteiger partial charge < -0.3 is 5.11 Å². The number of hydrogen-bond acceptors (Lipinski definition) is 1. The zero-order valence-electron chi connectivity index (χ0n) is 14.4. The van der Waals surface area contributed by atoms with Crippen LogP contribution in [-0.2, 0) is 6.18 Å². The van der Waals surface area contributed by atoms with Crippen molar-refractivity contribution in [3.63, 3.8) is 0 Å². The second-order valence-corrected chi connectivity index (χ2v) is 12.7. The summed E-state index contributed by atoms with van der Waals surface area (Å²) in [5, 5.41) is 11.6. The smallest absolute Gasteiger partial charge is 0.390 e. The molecular formula is C18H27F3OSi. The lowest BCUT2D eigenvalue weighted by molar-refractivity contribution is -0.137. The number of benzene rings is 1. The molecule has 23 heavy (non-hydrogen) atoms. The van der Waals surface area contributed by atoms with Crippen LogP contribution in [0, 0.1) is 5.92 Å². The molecule has 0 aliphatic heterocycles. The summed E-state index contributed by atoms with van der Waals surface area (Å²) in [6, 6.07) is 5.72. The summed E-state index contributed by atoms with van der Waals surface area (Å²) in [4.78, 5) is 0. The van der Waals surface area contributed by atoms with Gasteiger partial charge in [0.1, 0.15) is 0 Å². The molecule has 0 spiro atoms. The maximum absolute atomic E-state index is 12.8. The van der Waals surface area contributed by atoms with Crippen LogP contribution in [0.15, 0.2) is 24.3 Å². The Balaban J connectivity index is 2.32. The molecule has 1 aromatic rings. The zero-order chi connectivity index (χ0) is 17.5. The molecule has 2 rings (SSSR count). The number of alkyl halides is 3. The third kappa shape index (κ3) is 3.99. The number of hydrogen-bond donors (Lipinski definition) is 1. The van der Waals surface area contributed by atoms with E-state index in [1.54, 1.807) is 12.1 Å². The molecule has 130 valence electrons. The standard InChI is InChI=1S/C18H27F3OSi/c1-17(2,22)15-7-5-6-8-16(15)23(3,4)14-11-9-13(10-12-14)18(19,20)21/h9-12,15-16,22H,5-8H2,1-4H3/t15-,16-/m0/s1. The van der Waals surface area contributed by atoms with Crippen LogP contribution in [0.25, 0.3) is 0 Å². The van der Waals surface area contributed by atoms with E-state index < -0.39 is 25.4 Å². The minimum Gasteiger partial charge on any atom is -0.390 e. The van der Waals surface area contributed by atoms with Crippen LogP contribution in [0.3, 0.4) is 0 Å². The summed E-state index contributed by atoms with van der Waals surface area (Å²) in [5.74, 6) is 0.222. The Labute approximate surface area is 137 Å². The Morgan fingerprint density at radius 1 is 1.00 bits per heavy atom. The van der Waals surface area contributed by atoms with Crippen molar-refractivity contribution in [2.24, 2.45) is 5.92 Å². The molecule has 5 heteroatoms. The molecule has 1 N–H and O–H groups in total. The lowest BCUT2D eigenvalue weighted by atomic mass is 9.78. The minimum absolute atomic E-state index is 0.222. The number of halogens is 3. The summed E-state index contributed by atoms with van der Waals surface area (Å²) < 4.78 is 38.3. The van der Waals surface area contributed by atoms with Crippen molar-refractivity contribution < 1.29 is 18.3 Å². The average Bonchev–Trinajstić information content (AvgIpc) is 2.45. The van der Waals surface area contributed by atoms with E-state index in [1.807, 2.05) is 13.8 Å². The molecule has 1 aliphatic rings. The third-order valence-corrected chi connectivity index (χ3v) is 9.92. The van der Waals surface area contributed by atoms with Gasteiger partial charge in [-0.2, -0.15) is 13.2 Å². The quantitative estimate of drug-likeness (QED) is 0.769. The van der Waals surface area contributed by atoms with Crippen molar-refractivity contribution >= 4 is 13.3 Å². The summed E-state index contributed by atoms with van der Waals surface area (Å²) in [5.41, 5.74) is -0.928. The fourth-order valence-corrected chi connectivity index (χ4v) is 8.10. The Morgan fingerprint density at radius 3 is 2.00 bits per heavy atom. The molecular weight excluding hydrogens is 317 g/mol. The topological polar surface area (TPSA) is 20.2 Å². The maximum Gasteiger partial charge on any atom is 0.416 e. The monoisotopic (exact) mass is 344 g/mol. The molecule has 0 radical (unpaired) electrons. The zero-order valence-corrected chi connectivity index (χ0v) is 15.4. The summed E-state index contributed by atoms with van der Waals surface area (Å²) in [7, 11) is -1.96. The predicted octanol–water partition coefficient (Wildman–Crippen LogP) is 4.95. The molecule has 1 nitrogen and oxygen atoms in total. The van der Waals surface area contributed by atoms with E-state index in [0.29, 0.717) is 5.54 Å². The number of rotatable bonds is 3. The van der Waals surface area contributed by atoms with E-state index in [1.165, 1.54) is 12.1 Å². The van der Waals surface area contributed by atoms with Gasteiger partial charge in [0.25, 0.3) is 0 Å². The van der Waals surface area contributed by atoms with Gasteiger partial charge >= 0.3 is 6.18 Å². The molecule has 2 atom stereocenters. The molecule has 1 saturated carbocycles. The van der Waals surface area contributed by atoms with Crippen molar-refractivity contribution in [1.82, 2.24) is 0 Å². The van der Waals surface area contributed by atoms with Crippen LogP contribution >= 0.6 is 0 Å². The van der Waals surface area contributed by atoms with Crippen molar-refractivity contribution in [1.29, 1.82) is 0 Å². The minimum atomic E-state index is -4.29. The van der Waals surface area contributed by atoms with E-state index in [-0.39, 0.29) is 5.92 Å². The van der Waals surface area contributed by atoms with Gasteiger partial charge in [-0.25, -0.2) is 0 Å². The molecule has 1 aliphatic carbocycles. The van der Waals surface area contributed by atoms with Crippen LogP contribution in [0.4, 0.5) is 13.2 Å². The molecule has 0 bridgehead atoms. The van der Waals surface area contributed by atoms with Crippen LogP contribution < -0.4 is 5.19 Å².